The minimum Gasteiger partial charge on any atom is -0.454 e. The van der Waals surface area contributed by atoms with Gasteiger partial charge in [0.05, 0.1) is 5.92 Å². The van der Waals surface area contributed by atoms with Crippen LogP contribution >= 0.6 is 11.3 Å². The molecule has 3 aliphatic rings. The van der Waals surface area contributed by atoms with Gasteiger partial charge in [0.2, 0.25) is 22.7 Å². The Morgan fingerprint density at radius 2 is 1.79 bits per heavy atom. The van der Waals surface area contributed by atoms with Gasteiger partial charge in [-0.1, -0.05) is 24.2 Å². The zero-order chi connectivity index (χ0) is 22.8. The normalized spacial score (nSPS) is 20.0. The van der Waals surface area contributed by atoms with E-state index in [0.29, 0.717) is 30.3 Å². The van der Waals surface area contributed by atoms with Crippen LogP contribution in [0.3, 0.4) is 0 Å². The number of benzene rings is 1. The van der Waals surface area contributed by atoms with Gasteiger partial charge in [0.15, 0.2) is 11.5 Å². The second-order valence-corrected chi connectivity index (χ2v) is 9.49. The van der Waals surface area contributed by atoms with Crippen LogP contribution in [-0.2, 0) is 4.79 Å². The second-order valence-electron chi connectivity index (χ2n) is 8.51. The highest BCUT2D eigenvalue weighted by Gasteiger charge is 2.32. The van der Waals surface area contributed by atoms with E-state index in [0.717, 1.165) is 49.9 Å². The van der Waals surface area contributed by atoms with Gasteiger partial charge in [0, 0.05) is 30.9 Å². The van der Waals surface area contributed by atoms with E-state index < -0.39 is 5.91 Å². The van der Waals surface area contributed by atoms with Crippen molar-refractivity contribution < 1.29 is 23.9 Å². The average Bonchev–Trinajstić information content (AvgIpc) is 3.60. The number of nitrogens with one attached hydrogen (secondary N) is 2. The van der Waals surface area contributed by atoms with Crippen LogP contribution in [0.2, 0.25) is 0 Å². The molecular formula is C22H25N5O5S. The van der Waals surface area contributed by atoms with Gasteiger partial charge in [-0.3, -0.25) is 14.4 Å². The number of fused-ring (bicyclic) bond motifs is 1. The molecule has 2 N–H and O–H groups in total. The number of carbonyl (C=O) groups excluding carboxylic acids is 3. The lowest BCUT2D eigenvalue weighted by Gasteiger charge is -2.32. The van der Waals surface area contributed by atoms with E-state index in [1.165, 1.54) is 0 Å². The third-order valence-electron chi connectivity index (χ3n) is 6.21. The van der Waals surface area contributed by atoms with Crippen molar-refractivity contribution in [1.82, 2.24) is 20.4 Å². The van der Waals surface area contributed by atoms with Gasteiger partial charge in [0.25, 0.3) is 11.8 Å². The molecule has 1 aliphatic carbocycles. The average molecular weight is 472 g/mol. The molecule has 1 aromatic carbocycles. The molecule has 33 heavy (non-hydrogen) atoms. The van der Waals surface area contributed by atoms with Gasteiger partial charge in [-0.15, -0.1) is 10.2 Å². The van der Waals surface area contributed by atoms with Crippen molar-refractivity contribution in [3.8, 4) is 11.5 Å². The van der Waals surface area contributed by atoms with Crippen molar-refractivity contribution in [3.63, 3.8) is 0 Å². The van der Waals surface area contributed by atoms with Crippen LogP contribution in [0.1, 0.15) is 58.1 Å². The van der Waals surface area contributed by atoms with E-state index >= 15 is 0 Å². The Morgan fingerprint density at radius 1 is 1.00 bits per heavy atom. The van der Waals surface area contributed by atoms with Gasteiger partial charge < -0.3 is 25.0 Å². The van der Waals surface area contributed by atoms with Crippen molar-refractivity contribution in [2.75, 3.05) is 25.2 Å². The molecule has 2 aromatic rings. The van der Waals surface area contributed by atoms with Crippen molar-refractivity contribution in [1.29, 1.82) is 0 Å². The first kappa shape index (κ1) is 21.6. The number of piperidine rings is 1. The molecule has 1 saturated carbocycles. The number of anilines is 1. The number of likely N-dealkylation sites (tertiary alicyclic amines) is 1. The van der Waals surface area contributed by atoms with Crippen LogP contribution in [0.5, 0.6) is 11.5 Å². The third-order valence-corrected chi connectivity index (χ3v) is 7.12. The quantitative estimate of drug-likeness (QED) is 0.687. The predicted octanol–water partition coefficient (Wildman–Crippen LogP) is 2.43. The van der Waals surface area contributed by atoms with Gasteiger partial charge in [-0.2, -0.15) is 0 Å². The molecule has 3 amide bonds. The van der Waals surface area contributed by atoms with Gasteiger partial charge in [-0.05, 0) is 37.8 Å². The maximum Gasteiger partial charge on any atom is 0.286 e. The third kappa shape index (κ3) is 4.77. The molecule has 3 heterocycles. The summed E-state index contributed by atoms with van der Waals surface area (Å²) in [5, 5.41) is 13.9. The Morgan fingerprint density at radius 3 is 2.64 bits per heavy atom. The van der Waals surface area contributed by atoms with Gasteiger partial charge >= 0.3 is 0 Å². The summed E-state index contributed by atoms with van der Waals surface area (Å²) in [6.45, 7) is 1.06. The number of rotatable bonds is 5. The lowest BCUT2D eigenvalue weighted by Crippen LogP contribution is -2.47. The van der Waals surface area contributed by atoms with Crippen molar-refractivity contribution >= 4 is 34.7 Å². The summed E-state index contributed by atoms with van der Waals surface area (Å²) in [6, 6.07) is 5.33. The van der Waals surface area contributed by atoms with E-state index in [4.69, 9.17) is 9.47 Å². The second kappa shape index (κ2) is 9.34. The number of aromatic nitrogens is 2. The number of hydrogen-bond acceptors (Lipinski definition) is 8. The number of hydrogen-bond donors (Lipinski definition) is 2. The lowest BCUT2D eigenvalue weighted by atomic mass is 9.96. The van der Waals surface area contributed by atoms with Crippen LogP contribution in [-0.4, -0.2) is 58.7 Å². The summed E-state index contributed by atoms with van der Waals surface area (Å²) in [4.78, 5) is 39.8. The topological polar surface area (TPSA) is 123 Å². The molecule has 10 nitrogen and oxygen atoms in total. The van der Waals surface area contributed by atoms with E-state index in [9.17, 15) is 14.4 Å². The molecular weight excluding hydrogens is 446 g/mol. The standard InChI is InChI=1S/C22H25N5O5S/c28-18(23-14-5-1-2-6-14)13-4-3-9-27(11-13)22(30)21-26-25-20(33-21)19(29)24-15-7-8-16-17(10-15)32-12-31-16/h7-8,10,13-14H,1-6,9,11-12H2,(H,23,28)(H,24,29). The summed E-state index contributed by atoms with van der Waals surface area (Å²) >= 11 is 0.941. The van der Waals surface area contributed by atoms with Crippen LogP contribution in [0.25, 0.3) is 0 Å². The fourth-order valence-electron chi connectivity index (χ4n) is 4.46. The maximum absolute atomic E-state index is 13.0. The Hall–Kier alpha value is -3.21. The summed E-state index contributed by atoms with van der Waals surface area (Å²) in [7, 11) is 0. The van der Waals surface area contributed by atoms with Gasteiger partial charge in [-0.25, -0.2) is 0 Å². The van der Waals surface area contributed by atoms with E-state index in [2.05, 4.69) is 20.8 Å². The van der Waals surface area contributed by atoms with Crippen LogP contribution < -0.4 is 20.1 Å². The highest BCUT2D eigenvalue weighted by molar-refractivity contribution is 7.15. The minimum atomic E-state index is -0.460. The Bertz CT molecular complexity index is 1070. The molecule has 174 valence electrons. The van der Waals surface area contributed by atoms with E-state index in [1.54, 1.807) is 23.1 Å². The zero-order valence-electron chi connectivity index (χ0n) is 18.0. The first-order valence-electron chi connectivity index (χ1n) is 11.2. The van der Waals surface area contributed by atoms with E-state index in [-0.39, 0.29) is 40.6 Å². The highest BCUT2D eigenvalue weighted by Crippen LogP contribution is 2.34. The molecule has 1 aromatic heterocycles. The fourth-order valence-corrected chi connectivity index (χ4v) is 5.17. The van der Waals surface area contributed by atoms with Crippen molar-refractivity contribution in [2.45, 2.75) is 44.6 Å². The first-order chi connectivity index (χ1) is 16.1. The number of ether oxygens (including phenoxy) is 2. The largest absolute Gasteiger partial charge is 0.454 e. The summed E-state index contributed by atoms with van der Waals surface area (Å²) in [6.07, 6.45) is 5.89. The SMILES string of the molecule is O=C(Nc1ccc2c(c1)OCO2)c1nnc(C(=O)N2CCCC(C(=O)NC3CCCC3)C2)s1. The van der Waals surface area contributed by atoms with Crippen LogP contribution in [0.15, 0.2) is 18.2 Å². The molecule has 1 unspecified atom stereocenters. The molecule has 2 aliphatic heterocycles. The fraction of sp³-hybridized carbons (Fsp3) is 0.500. The molecule has 11 heteroatoms. The first-order valence-corrected chi connectivity index (χ1v) is 12.0. The molecule has 2 fully saturated rings. The predicted molar refractivity (Wildman–Crippen MR) is 119 cm³/mol. The molecule has 0 spiro atoms. The summed E-state index contributed by atoms with van der Waals surface area (Å²) < 4.78 is 10.6. The Kier molecular flexibility index (Phi) is 6.12. The summed E-state index contributed by atoms with van der Waals surface area (Å²) in [5.41, 5.74) is 0.527. The number of carbonyl (C=O) groups is 3. The summed E-state index contributed by atoms with van der Waals surface area (Å²) in [5.74, 6) is 0.224. The Balaban J connectivity index is 1.19. The highest BCUT2D eigenvalue weighted by atomic mass is 32.1. The maximum atomic E-state index is 13.0. The van der Waals surface area contributed by atoms with E-state index in [1.807, 2.05) is 0 Å². The van der Waals surface area contributed by atoms with Crippen molar-refractivity contribution in [3.05, 3.63) is 28.2 Å². The minimum absolute atomic E-state index is 0.0282. The van der Waals surface area contributed by atoms with Crippen LogP contribution in [0, 0.1) is 5.92 Å². The molecule has 0 bridgehead atoms. The Labute approximate surface area is 194 Å². The molecule has 0 radical (unpaired) electrons. The molecule has 5 rings (SSSR count). The zero-order valence-corrected chi connectivity index (χ0v) is 18.9. The van der Waals surface area contributed by atoms with Crippen molar-refractivity contribution in [2.24, 2.45) is 5.92 Å². The molecule has 1 atom stereocenters. The monoisotopic (exact) mass is 471 g/mol. The molecule has 1 saturated heterocycles. The number of nitrogens with zero attached hydrogens (tertiary/aromatic N) is 3. The van der Waals surface area contributed by atoms with Crippen LogP contribution in [0.4, 0.5) is 5.69 Å². The van der Waals surface area contributed by atoms with Gasteiger partial charge in [0.1, 0.15) is 0 Å². The smallest absolute Gasteiger partial charge is 0.286 e. The number of amides is 3. The lowest BCUT2D eigenvalue weighted by molar-refractivity contribution is -0.127.